The SMILES string of the molecule is CC(C)c1nnc(CN2CCNC(=O)C2c2cccs2)o1. The van der Waals surface area contributed by atoms with Gasteiger partial charge >= 0.3 is 0 Å². The summed E-state index contributed by atoms with van der Waals surface area (Å²) in [5.74, 6) is 1.45. The second kappa shape index (κ2) is 5.95. The fourth-order valence-corrected chi connectivity index (χ4v) is 3.23. The molecule has 112 valence electrons. The number of nitrogens with zero attached hydrogens (tertiary/aromatic N) is 3. The first-order chi connectivity index (χ1) is 10.1. The van der Waals surface area contributed by atoms with Crippen molar-refractivity contribution in [1.29, 1.82) is 0 Å². The van der Waals surface area contributed by atoms with Crippen LogP contribution in [-0.2, 0) is 11.3 Å². The van der Waals surface area contributed by atoms with Crippen molar-refractivity contribution in [2.75, 3.05) is 13.1 Å². The lowest BCUT2D eigenvalue weighted by atomic mass is 10.1. The van der Waals surface area contributed by atoms with Gasteiger partial charge in [-0.15, -0.1) is 21.5 Å². The number of amides is 1. The lowest BCUT2D eigenvalue weighted by Crippen LogP contribution is -2.49. The summed E-state index contributed by atoms with van der Waals surface area (Å²) in [6.07, 6.45) is 0. The van der Waals surface area contributed by atoms with Crippen LogP contribution in [-0.4, -0.2) is 34.1 Å². The Labute approximate surface area is 127 Å². The molecule has 1 amide bonds. The van der Waals surface area contributed by atoms with Gasteiger partial charge in [0.25, 0.3) is 0 Å². The van der Waals surface area contributed by atoms with Crippen molar-refractivity contribution in [3.8, 4) is 0 Å². The molecule has 1 saturated heterocycles. The largest absolute Gasteiger partial charge is 0.424 e. The number of hydrogen-bond acceptors (Lipinski definition) is 6. The highest BCUT2D eigenvalue weighted by Crippen LogP contribution is 2.28. The molecule has 1 aliphatic rings. The van der Waals surface area contributed by atoms with E-state index in [1.165, 1.54) is 0 Å². The molecule has 1 fully saturated rings. The molecule has 21 heavy (non-hydrogen) atoms. The van der Waals surface area contributed by atoms with Gasteiger partial charge in [-0.2, -0.15) is 0 Å². The number of piperazine rings is 1. The number of thiophene rings is 1. The van der Waals surface area contributed by atoms with Crippen molar-refractivity contribution < 1.29 is 9.21 Å². The van der Waals surface area contributed by atoms with Crippen molar-refractivity contribution >= 4 is 17.2 Å². The van der Waals surface area contributed by atoms with E-state index in [0.717, 1.165) is 11.4 Å². The first-order valence-corrected chi connectivity index (χ1v) is 7.90. The Bertz CT molecular complexity index is 608. The maximum Gasteiger partial charge on any atom is 0.242 e. The van der Waals surface area contributed by atoms with Crippen LogP contribution in [0.15, 0.2) is 21.9 Å². The van der Waals surface area contributed by atoms with Gasteiger partial charge in [0.1, 0.15) is 6.04 Å². The highest BCUT2D eigenvalue weighted by Gasteiger charge is 2.32. The Hall–Kier alpha value is -1.73. The smallest absolute Gasteiger partial charge is 0.242 e. The van der Waals surface area contributed by atoms with Gasteiger partial charge in [-0.3, -0.25) is 9.69 Å². The van der Waals surface area contributed by atoms with E-state index in [4.69, 9.17) is 4.42 Å². The van der Waals surface area contributed by atoms with Crippen LogP contribution in [0.25, 0.3) is 0 Å². The predicted octanol–water partition coefficient (Wildman–Crippen LogP) is 1.93. The molecule has 2 aromatic heterocycles. The molecule has 0 aromatic carbocycles. The van der Waals surface area contributed by atoms with E-state index >= 15 is 0 Å². The predicted molar refractivity (Wildman–Crippen MR) is 78.9 cm³/mol. The Morgan fingerprint density at radius 3 is 3.05 bits per heavy atom. The second-order valence-electron chi connectivity index (χ2n) is 5.37. The van der Waals surface area contributed by atoms with Gasteiger partial charge in [-0.25, -0.2) is 0 Å². The summed E-state index contributed by atoms with van der Waals surface area (Å²) in [5, 5.41) is 13.0. The maximum absolute atomic E-state index is 12.2. The van der Waals surface area contributed by atoms with Crippen LogP contribution in [0.4, 0.5) is 0 Å². The number of hydrogen-bond donors (Lipinski definition) is 1. The molecule has 7 heteroatoms. The Kier molecular flexibility index (Phi) is 4.03. The van der Waals surface area contributed by atoms with Crippen LogP contribution in [0.1, 0.15) is 42.5 Å². The normalized spacial score (nSPS) is 20.0. The summed E-state index contributed by atoms with van der Waals surface area (Å²) < 4.78 is 5.66. The molecule has 1 aliphatic heterocycles. The lowest BCUT2D eigenvalue weighted by molar-refractivity contribution is -0.129. The monoisotopic (exact) mass is 306 g/mol. The van der Waals surface area contributed by atoms with Crippen molar-refractivity contribution in [2.24, 2.45) is 0 Å². The molecule has 1 atom stereocenters. The minimum atomic E-state index is -0.270. The molecular weight excluding hydrogens is 288 g/mol. The van der Waals surface area contributed by atoms with Crippen LogP contribution >= 0.6 is 11.3 Å². The summed E-state index contributed by atoms with van der Waals surface area (Å²) in [5.41, 5.74) is 0. The minimum Gasteiger partial charge on any atom is -0.424 e. The lowest BCUT2D eigenvalue weighted by Gasteiger charge is -2.33. The topological polar surface area (TPSA) is 71.3 Å². The summed E-state index contributed by atoms with van der Waals surface area (Å²) >= 11 is 1.59. The minimum absolute atomic E-state index is 0.0345. The van der Waals surface area contributed by atoms with Crippen LogP contribution in [0, 0.1) is 0 Å². The van der Waals surface area contributed by atoms with Crippen LogP contribution in [0.3, 0.4) is 0 Å². The van der Waals surface area contributed by atoms with Crippen molar-refractivity contribution in [3.05, 3.63) is 34.2 Å². The molecule has 1 N–H and O–H groups in total. The zero-order chi connectivity index (χ0) is 14.8. The Morgan fingerprint density at radius 1 is 1.52 bits per heavy atom. The molecular formula is C14H18N4O2S. The van der Waals surface area contributed by atoms with Gasteiger partial charge in [0.05, 0.1) is 6.54 Å². The average Bonchev–Trinajstić information content (AvgIpc) is 3.10. The quantitative estimate of drug-likeness (QED) is 0.934. The van der Waals surface area contributed by atoms with Crippen LogP contribution in [0.2, 0.25) is 0 Å². The van der Waals surface area contributed by atoms with Gasteiger partial charge in [0.15, 0.2) is 0 Å². The zero-order valence-corrected chi connectivity index (χ0v) is 12.9. The van der Waals surface area contributed by atoms with E-state index in [1.54, 1.807) is 11.3 Å². The van der Waals surface area contributed by atoms with Gasteiger partial charge in [-0.05, 0) is 11.4 Å². The molecule has 6 nitrogen and oxygen atoms in total. The Balaban J connectivity index is 1.79. The van der Waals surface area contributed by atoms with E-state index in [1.807, 2.05) is 31.4 Å². The molecule has 0 saturated carbocycles. The molecule has 0 aliphatic carbocycles. The molecule has 3 heterocycles. The third kappa shape index (κ3) is 2.98. The first kappa shape index (κ1) is 14.2. The van der Waals surface area contributed by atoms with Crippen molar-refractivity contribution in [3.63, 3.8) is 0 Å². The average molecular weight is 306 g/mol. The molecule has 2 aromatic rings. The van der Waals surface area contributed by atoms with Crippen molar-refractivity contribution in [2.45, 2.75) is 32.4 Å². The highest BCUT2D eigenvalue weighted by atomic mass is 32.1. The van der Waals surface area contributed by atoms with Gasteiger partial charge in [-0.1, -0.05) is 19.9 Å². The fourth-order valence-electron chi connectivity index (χ4n) is 2.38. The summed E-state index contributed by atoms with van der Waals surface area (Å²) in [4.78, 5) is 15.3. The van der Waals surface area contributed by atoms with E-state index in [9.17, 15) is 4.79 Å². The standard InChI is InChI=1S/C14H18N4O2S/c1-9(2)14-17-16-11(20-14)8-18-6-5-15-13(19)12(18)10-4-3-7-21-10/h3-4,7,9,12H,5-6,8H2,1-2H3,(H,15,19). The van der Waals surface area contributed by atoms with E-state index < -0.39 is 0 Å². The Morgan fingerprint density at radius 2 is 2.38 bits per heavy atom. The molecule has 1 unspecified atom stereocenters. The fraction of sp³-hybridized carbons (Fsp3) is 0.500. The van der Waals surface area contributed by atoms with E-state index in [2.05, 4.69) is 20.4 Å². The molecule has 3 rings (SSSR count). The number of carbonyl (C=O) groups is 1. The first-order valence-electron chi connectivity index (χ1n) is 7.02. The maximum atomic E-state index is 12.2. The number of carbonyl (C=O) groups excluding carboxylic acids is 1. The van der Waals surface area contributed by atoms with Gasteiger partial charge < -0.3 is 9.73 Å². The van der Waals surface area contributed by atoms with Crippen molar-refractivity contribution in [1.82, 2.24) is 20.4 Å². The highest BCUT2D eigenvalue weighted by molar-refractivity contribution is 7.10. The third-order valence-corrected chi connectivity index (χ3v) is 4.36. The molecule has 0 bridgehead atoms. The number of aromatic nitrogens is 2. The number of nitrogens with one attached hydrogen (secondary N) is 1. The second-order valence-corrected chi connectivity index (χ2v) is 6.35. The van der Waals surface area contributed by atoms with E-state index in [0.29, 0.717) is 24.9 Å². The summed E-state index contributed by atoms with van der Waals surface area (Å²) in [6.45, 7) is 5.94. The van der Waals surface area contributed by atoms with E-state index in [-0.39, 0.29) is 17.9 Å². The molecule has 0 spiro atoms. The number of rotatable bonds is 4. The van der Waals surface area contributed by atoms with Crippen LogP contribution < -0.4 is 5.32 Å². The summed E-state index contributed by atoms with van der Waals surface area (Å²) in [6, 6.07) is 3.68. The van der Waals surface area contributed by atoms with Crippen LogP contribution in [0.5, 0.6) is 0 Å². The molecule has 0 radical (unpaired) electrons. The zero-order valence-electron chi connectivity index (χ0n) is 12.1. The summed E-state index contributed by atoms with van der Waals surface area (Å²) in [7, 11) is 0. The van der Waals surface area contributed by atoms with Gasteiger partial charge in [0, 0.05) is 23.9 Å². The van der Waals surface area contributed by atoms with Gasteiger partial charge in [0.2, 0.25) is 17.7 Å². The third-order valence-electron chi connectivity index (χ3n) is 3.44.